The third-order valence-corrected chi connectivity index (χ3v) is 1.77. The van der Waals surface area contributed by atoms with Crippen molar-refractivity contribution in [2.45, 2.75) is 39.7 Å². The lowest BCUT2D eigenvalue weighted by atomic mass is 10.1. The third kappa shape index (κ3) is 5.75. The van der Waals surface area contributed by atoms with Crippen LogP contribution in [0, 0.1) is 0 Å². The first-order valence-electron chi connectivity index (χ1n) is 4.85. The Morgan fingerprint density at radius 2 is 2.00 bits per heavy atom. The molecule has 0 aliphatic carbocycles. The van der Waals surface area contributed by atoms with E-state index in [2.05, 4.69) is 6.58 Å². The first kappa shape index (κ1) is 13.2. The van der Waals surface area contributed by atoms with Crippen molar-refractivity contribution in [1.82, 2.24) is 0 Å². The summed E-state index contributed by atoms with van der Waals surface area (Å²) in [6, 6.07) is 0. The van der Waals surface area contributed by atoms with Gasteiger partial charge in [0, 0.05) is 18.6 Å². The molecule has 0 heterocycles. The van der Waals surface area contributed by atoms with Crippen LogP contribution in [0.15, 0.2) is 12.2 Å². The molecule has 14 heavy (non-hydrogen) atoms. The lowest BCUT2D eigenvalue weighted by Gasteiger charge is -2.24. The Morgan fingerprint density at radius 1 is 1.43 bits per heavy atom. The average molecular weight is 200 g/mol. The van der Waals surface area contributed by atoms with Gasteiger partial charge in [-0.15, -0.1) is 0 Å². The van der Waals surface area contributed by atoms with Crippen molar-refractivity contribution in [3.05, 3.63) is 12.2 Å². The van der Waals surface area contributed by atoms with Crippen LogP contribution in [0.2, 0.25) is 0 Å². The molecule has 0 aromatic carbocycles. The summed E-state index contributed by atoms with van der Waals surface area (Å²) in [5.74, 6) is -0.341. The minimum absolute atomic E-state index is 0.341. The van der Waals surface area contributed by atoms with Crippen molar-refractivity contribution < 1.29 is 14.3 Å². The number of hydrogen-bond donors (Lipinski definition) is 0. The Morgan fingerprint density at radius 3 is 2.43 bits per heavy atom. The topological polar surface area (TPSA) is 35.5 Å². The van der Waals surface area contributed by atoms with Crippen molar-refractivity contribution in [1.29, 1.82) is 0 Å². The zero-order chi connectivity index (χ0) is 11.2. The van der Waals surface area contributed by atoms with Crippen molar-refractivity contribution in [3.63, 3.8) is 0 Å². The molecule has 0 fully saturated rings. The standard InChI is InChI=1S/C11H20O3/c1-6-13-8-7-11(4,5)14-10(12)9(2)3/h2,6-8H2,1,3-5H3. The number of hydrogen-bond acceptors (Lipinski definition) is 3. The van der Waals surface area contributed by atoms with Gasteiger partial charge in [-0.2, -0.15) is 0 Å². The van der Waals surface area contributed by atoms with Gasteiger partial charge in [-0.25, -0.2) is 4.79 Å². The van der Waals surface area contributed by atoms with E-state index >= 15 is 0 Å². The lowest BCUT2D eigenvalue weighted by Crippen LogP contribution is -2.29. The Hall–Kier alpha value is -0.830. The predicted octanol–water partition coefficient (Wildman–Crippen LogP) is 2.31. The predicted molar refractivity (Wildman–Crippen MR) is 56.1 cm³/mol. The highest BCUT2D eigenvalue weighted by Gasteiger charge is 2.22. The Kier molecular flexibility index (Phi) is 5.46. The second-order valence-electron chi connectivity index (χ2n) is 3.88. The molecule has 0 spiro atoms. The van der Waals surface area contributed by atoms with Gasteiger partial charge in [-0.1, -0.05) is 6.58 Å². The Balaban J connectivity index is 3.93. The van der Waals surface area contributed by atoms with Crippen LogP contribution in [0.3, 0.4) is 0 Å². The van der Waals surface area contributed by atoms with E-state index in [1.54, 1.807) is 6.92 Å². The lowest BCUT2D eigenvalue weighted by molar-refractivity contribution is -0.152. The smallest absolute Gasteiger partial charge is 0.333 e. The first-order chi connectivity index (χ1) is 6.39. The largest absolute Gasteiger partial charge is 0.456 e. The molecule has 0 atom stereocenters. The molecule has 0 aromatic heterocycles. The van der Waals surface area contributed by atoms with Crippen LogP contribution in [0.5, 0.6) is 0 Å². The molecule has 0 unspecified atom stereocenters. The molecule has 0 aromatic rings. The maximum absolute atomic E-state index is 11.2. The van der Waals surface area contributed by atoms with Gasteiger partial charge in [0.2, 0.25) is 0 Å². The number of rotatable bonds is 6. The highest BCUT2D eigenvalue weighted by atomic mass is 16.6. The van der Waals surface area contributed by atoms with E-state index in [4.69, 9.17) is 9.47 Å². The van der Waals surface area contributed by atoms with Gasteiger partial charge >= 0.3 is 5.97 Å². The fourth-order valence-corrected chi connectivity index (χ4v) is 0.851. The van der Waals surface area contributed by atoms with Crippen LogP contribution in [-0.2, 0) is 14.3 Å². The maximum atomic E-state index is 11.2. The molecule has 0 aliphatic rings. The second kappa shape index (κ2) is 5.81. The molecule has 0 radical (unpaired) electrons. The molecule has 3 heteroatoms. The molecule has 82 valence electrons. The first-order valence-corrected chi connectivity index (χ1v) is 4.85. The molecule has 3 nitrogen and oxygen atoms in total. The monoisotopic (exact) mass is 200 g/mol. The van der Waals surface area contributed by atoms with E-state index in [9.17, 15) is 4.79 Å². The van der Waals surface area contributed by atoms with Crippen LogP contribution >= 0.6 is 0 Å². The Labute approximate surface area is 86.1 Å². The molecule has 0 N–H and O–H groups in total. The van der Waals surface area contributed by atoms with Crippen molar-refractivity contribution >= 4 is 5.97 Å². The summed E-state index contributed by atoms with van der Waals surface area (Å²) < 4.78 is 10.4. The summed E-state index contributed by atoms with van der Waals surface area (Å²) in [7, 11) is 0. The highest BCUT2D eigenvalue weighted by molar-refractivity contribution is 5.87. The number of carbonyl (C=O) groups is 1. The minimum atomic E-state index is -0.481. The van der Waals surface area contributed by atoms with Gasteiger partial charge in [0.25, 0.3) is 0 Å². The highest BCUT2D eigenvalue weighted by Crippen LogP contribution is 2.16. The molecule has 0 bridgehead atoms. The molecular formula is C11H20O3. The zero-order valence-corrected chi connectivity index (χ0v) is 9.55. The van der Waals surface area contributed by atoms with Crippen LogP contribution in [0.1, 0.15) is 34.1 Å². The molecule has 0 saturated carbocycles. The van der Waals surface area contributed by atoms with Gasteiger partial charge in [-0.05, 0) is 27.7 Å². The SMILES string of the molecule is C=C(C)C(=O)OC(C)(C)CCOCC. The van der Waals surface area contributed by atoms with Crippen LogP contribution in [0.4, 0.5) is 0 Å². The zero-order valence-electron chi connectivity index (χ0n) is 9.55. The van der Waals surface area contributed by atoms with Crippen LogP contribution < -0.4 is 0 Å². The molecular weight excluding hydrogens is 180 g/mol. The van der Waals surface area contributed by atoms with Gasteiger partial charge in [-0.3, -0.25) is 0 Å². The van der Waals surface area contributed by atoms with E-state index in [1.165, 1.54) is 0 Å². The van der Waals surface area contributed by atoms with Gasteiger partial charge < -0.3 is 9.47 Å². The van der Waals surface area contributed by atoms with E-state index < -0.39 is 5.60 Å². The average Bonchev–Trinajstić information content (AvgIpc) is 2.03. The summed E-state index contributed by atoms with van der Waals surface area (Å²) in [5, 5.41) is 0. The normalized spacial score (nSPS) is 11.1. The number of ether oxygens (including phenoxy) is 2. The molecule has 0 amide bonds. The molecule has 0 saturated heterocycles. The fraction of sp³-hybridized carbons (Fsp3) is 0.727. The molecule has 0 aliphatic heterocycles. The van der Waals surface area contributed by atoms with Crippen molar-refractivity contribution in [2.75, 3.05) is 13.2 Å². The summed E-state index contributed by atoms with van der Waals surface area (Å²) in [6.45, 7) is 12.1. The molecule has 0 rings (SSSR count). The summed E-state index contributed by atoms with van der Waals surface area (Å²) in [6.07, 6.45) is 0.694. The summed E-state index contributed by atoms with van der Waals surface area (Å²) >= 11 is 0. The van der Waals surface area contributed by atoms with E-state index in [0.717, 1.165) is 0 Å². The van der Waals surface area contributed by atoms with Crippen molar-refractivity contribution in [2.24, 2.45) is 0 Å². The number of esters is 1. The van der Waals surface area contributed by atoms with E-state index in [-0.39, 0.29) is 5.97 Å². The van der Waals surface area contributed by atoms with Gasteiger partial charge in [0.1, 0.15) is 5.60 Å². The number of carbonyl (C=O) groups excluding carboxylic acids is 1. The third-order valence-electron chi connectivity index (χ3n) is 1.77. The van der Waals surface area contributed by atoms with E-state index in [1.807, 2.05) is 20.8 Å². The summed E-state index contributed by atoms with van der Waals surface area (Å²) in [5.41, 5.74) is -0.0555. The van der Waals surface area contributed by atoms with Gasteiger partial charge in [0.05, 0.1) is 6.61 Å². The second-order valence-corrected chi connectivity index (χ2v) is 3.88. The van der Waals surface area contributed by atoms with Gasteiger partial charge in [0.15, 0.2) is 0 Å². The van der Waals surface area contributed by atoms with E-state index in [0.29, 0.717) is 25.2 Å². The van der Waals surface area contributed by atoms with Crippen molar-refractivity contribution in [3.8, 4) is 0 Å². The fourth-order valence-electron chi connectivity index (χ4n) is 0.851. The maximum Gasteiger partial charge on any atom is 0.333 e. The minimum Gasteiger partial charge on any atom is -0.456 e. The quantitative estimate of drug-likeness (QED) is 0.375. The van der Waals surface area contributed by atoms with Crippen LogP contribution in [-0.4, -0.2) is 24.8 Å². The van der Waals surface area contributed by atoms with Crippen LogP contribution in [0.25, 0.3) is 0 Å². The summed E-state index contributed by atoms with van der Waals surface area (Å²) in [4.78, 5) is 11.2. The Bertz CT molecular complexity index is 207.